The molecule has 0 aliphatic carbocycles. The molecule has 0 unspecified atom stereocenters. The van der Waals surface area contributed by atoms with E-state index in [9.17, 15) is 9.59 Å². The van der Waals surface area contributed by atoms with Gasteiger partial charge in [-0.25, -0.2) is 4.79 Å². The van der Waals surface area contributed by atoms with Gasteiger partial charge in [-0.05, 0) is 24.0 Å². The molecule has 0 saturated carbocycles. The number of carbonyl (C=O) groups is 2. The number of rotatable bonds is 5. The quantitative estimate of drug-likeness (QED) is 0.909. The van der Waals surface area contributed by atoms with E-state index in [1.165, 1.54) is 6.92 Å². The van der Waals surface area contributed by atoms with Crippen LogP contribution in [0, 0.1) is 0 Å². The van der Waals surface area contributed by atoms with Crippen LogP contribution in [0.1, 0.15) is 40.2 Å². The van der Waals surface area contributed by atoms with Gasteiger partial charge in [0.15, 0.2) is 0 Å². The number of benzene rings is 1. The largest absolute Gasteiger partial charge is 0.450 e. The molecule has 0 heterocycles. The van der Waals surface area contributed by atoms with Gasteiger partial charge in [-0.3, -0.25) is 4.79 Å². The van der Waals surface area contributed by atoms with Gasteiger partial charge in [0.05, 0.1) is 6.61 Å². The first kappa shape index (κ1) is 18.0. The molecular formula is C17H26N2O3. The van der Waals surface area contributed by atoms with Gasteiger partial charge >= 0.3 is 6.09 Å². The van der Waals surface area contributed by atoms with Crippen LogP contribution in [0.25, 0.3) is 0 Å². The number of hydrogen-bond donors (Lipinski definition) is 1. The summed E-state index contributed by atoms with van der Waals surface area (Å²) in [6, 6.07) is 7.86. The Labute approximate surface area is 132 Å². The Morgan fingerprint density at radius 2 is 1.86 bits per heavy atom. The van der Waals surface area contributed by atoms with E-state index < -0.39 is 6.09 Å². The van der Waals surface area contributed by atoms with Crippen molar-refractivity contribution in [2.45, 2.75) is 40.0 Å². The first-order valence-corrected chi connectivity index (χ1v) is 7.55. The average molecular weight is 306 g/mol. The van der Waals surface area contributed by atoms with Crippen molar-refractivity contribution in [1.29, 1.82) is 0 Å². The highest BCUT2D eigenvalue weighted by molar-refractivity contribution is 5.92. The summed E-state index contributed by atoms with van der Waals surface area (Å²) in [5.41, 5.74) is 1.91. The second kappa shape index (κ2) is 7.82. The van der Waals surface area contributed by atoms with E-state index in [0.717, 1.165) is 11.3 Å². The highest BCUT2D eigenvalue weighted by Gasteiger charge is 2.22. The van der Waals surface area contributed by atoms with Crippen molar-refractivity contribution in [3.05, 3.63) is 29.8 Å². The van der Waals surface area contributed by atoms with Gasteiger partial charge in [-0.1, -0.05) is 39.0 Å². The second-order valence-corrected chi connectivity index (χ2v) is 6.09. The van der Waals surface area contributed by atoms with E-state index >= 15 is 0 Å². The Kier molecular flexibility index (Phi) is 6.40. The third-order valence-electron chi connectivity index (χ3n) is 3.26. The number of alkyl carbamates (subject to hydrolysis) is 1. The number of nitrogens with zero attached hydrogens (tertiary/aromatic N) is 1. The molecule has 1 N–H and O–H groups in total. The number of anilines is 1. The minimum atomic E-state index is -0.463. The fourth-order valence-corrected chi connectivity index (χ4v) is 2.24. The Balaban J connectivity index is 2.89. The van der Waals surface area contributed by atoms with E-state index in [0.29, 0.717) is 19.7 Å². The molecule has 5 heteroatoms. The highest BCUT2D eigenvalue weighted by atomic mass is 16.5. The molecule has 0 saturated heterocycles. The van der Waals surface area contributed by atoms with Gasteiger partial charge in [0.25, 0.3) is 0 Å². The van der Waals surface area contributed by atoms with Crippen LogP contribution in [-0.4, -0.2) is 31.7 Å². The molecule has 1 aromatic carbocycles. The maximum atomic E-state index is 12.0. The molecule has 0 aliphatic rings. The molecular weight excluding hydrogens is 280 g/mol. The van der Waals surface area contributed by atoms with Crippen LogP contribution >= 0.6 is 0 Å². The molecule has 0 aromatic heterocycles. The Morgan fingerprint density at radius 1 is 1.23 bits per heavy atom. The van der Waals surface area contributed by atoms with E-state index in [1.807, 2.05) is 24.3 Å². The van der Waals surface area contributed by atoms with Gasteiger partial charge in [0.2, 0.25) is 5.91 Å². The Morgan fingerprint density at radius 3 is 2.41 bits per heavy atom. The second-order valence-electron chi connectivity index (χ2n) is 6.09. The lowest BCUT2D eigenvalue weighted by atomic mass is 9.85. The fourth-order valence-electron chi connectivity index (χ4n) is 2.24. The number of hydrogen-bond acceptors (Lipinski definition) is 3. The van der Waals surface area contributed by atoms with E-state index in [4.69, 9.17) is 4.74 Å². The first-order valence-electron chi connectivity index (χ1n) is 7.55. The van der Waals surface area contributed by atoms with Gasteiger partial charge in [-0.2, -0.15) is 0 Å². The summed E-state index contributed by atoms with van der Waals surface area (Å²) < 4.78 is 4.81. The summed E-state index contributed by atoms with van der Waals surface area (Å²) in [4.78, 5) is 25.0. The third-order valence-corrected chi connectivity index (χ3v) is 3.26. The normalized spacial score (nSPS) is 11.0. The minimum absolute atomic E-state index is 0.0534. The standard InChI is InChI=1S/C17H26N2O3/c1-6-22-16(21)18-11-12-19(13(2)20)15-10-8-7-9-14(15)17(3,4)5/h7-10H,6,11-12H2,1-5H3,(H,18,21). The van der Waals surface area contributed by atoms with Crippen molar-refractivity contribution >= 4 is 17.7 Å². The van der Waals surface area contributed by atoms with Gasteiger partial charge in [-0.15, -0.1) is 0 Å². The molecule has 0 bridgehead atoms. The fraction of sp³-hybridized carbons (Fsp3) is 0.529. The molecule has 0 fully saturated rings. The van der Waals surface area contributed by atoms with Crippen LogP contribution in [0.2, 0.25) is 0 Å². The van der Waals surface area contributed by atoms with Crippen molar-refractivity contribution in [2.75, 3.05) is 24.6 Å². The van der Waals surface area contributed by atoms with Crippen LogP contribution in [0.15, 0.2) is 24.3 Å². The summed E-state index contributed by atoms with van der Waals surface area (Å²) in [6.45, 7) is 10.7. The minimum Gasteiger partial charge on any atom is -0.450 e. The number of nitrogens with one attached hydrogen (secondary N) is 1. The van der Waals surface area contributed by atoms with Gasteiger partial charge in [0, 0.05) is 25.7 Å². The molecule has 22 heavy (non-hydrogen) atoms. The molecule has 0 aliphatic heterocycles. The molecule has 1 aromatic rings. The number of amides is 2. The van der Waals surface area contributed by atoms with E-state index in [1.54, 1.807) is 11.8 Å². The summed E-state index contributed by atoms with van der Waals surface area (Å²) >= 11 is 0. The summed E-state index contributed by atoms with van der Waals surface area (Å²) in [5, 5.41) is 2.64. The first-order chi connectivity index (χ1) is 10.3. The van der Waals surface area contributed by atoms with Crippen LogP contribution in [-0.2, 0) is 14.9 Å². The number of ether oxygens (including phenoxy) is 1. The zero-order valence-electron chi connectivity index (χ0n) is 14.1. The highest BCUT2D eigenvalue weighted by Crippen LogP contribution is 2.31. The maximum Gasteiger partial charge on any atom is 0.407 e. The van der Waals surface area contributed by atoms with Crippen LogP contribution < -0.4 is 10.2 Å². The maximum absolute atomic E-state index is 12.0. The number of carbonyl (C=O) groups excluding carboxylic acids is 2. The molecule has 5 nitrogen and oxygen atoms in total. The average Bonchev–Trinajstić information content (AvgIpc) is 2.42. The smallest absolute Gasteiger partial charge is 0.407 e. The Hall–Kier alpha value is -2.04. The third kappa shape index (κ3) is 5.06. The zero-order valence-corrected chi connectivity index (χ0v) is 14.1. The molecule has 0 spiro atoms. The van der Waals surface area contributed by atoms with E-state index in [2.05, 4.69) is 26.1 Å². The molecule has 2 amide bonds. The van der Waals surface area contributed by atoms with E-state index in [-0.39, 0.29) is 11.3 Å². The SMILES string of the molecule is CCOC(=O)NCCN(C(C)=O)c1ccccc1C(C)(C)C. The molecule has 0 atom stereocenters. The summed E-state index contributed by atoms with van der Waals surface area (Å²) in [6.07, 6.45) is -0.463. The van der Waals surface area contributed by atoms with Crippen molar-refractivity contribution in [3.8, 4) is 0 Å². The topological polar surface area (TPSA) is 58.6 Å². The predicted octanol–water partition coefficient (Wildman–Crippen LogP) is 3.08. The van der Waals surface area contributed by atoms with Gasteiger partial charge < -0.3 is 15.0 Å². The van der Waals surface area contributed by atoms with Crippen LogP contribution in [0.5, 0.6) is 0 Å². The lowest BCUT2D eigenvalue weighted by Crippen LogP contribution is -2.38. The monoisotopic (exact) mass is 306 g/mol. The van der Waals surface area contributed by atoms with Crippen molar-refractivity contribution < 1.29 is 14.3 Å². The zero-order chi connectivity index (χ0) is 16.8. The van der Waals surface area contributed by atoms with Crippen molar-refractivity contribution in [3.63, 3.8) is 0 Å². The van der Waals surface area contributed by atoms with Crippen molar-refractivity contribution in [2.24, 2.45) is 0 Å². The lowest BCUT2D eigenvalue weighted by molar-refractivity contribution is -0.116. The van der Waals surface area contributed by atoms with Crippen LogP contribution in [0.4, 0.5) is 10.5 Å². The van der Waals surface area contributed by atoms with Gasteiger partial charge in [0.1, 0.15) is 0 Å². The number of para-hydroxylation sites is 1. The Bertz CT molecular complexity index is 521. The van der Waals surface area contributed by atoms with Crippen LogP contribution in [0.3, 0.4) is 0 Å². The molecule has 1 rings (SSSR count). The van der Waals surface area contributed by atoms with Crippen molar-refractivity contribution in [1.82, 2.24) is 5.32 Å². The predicted molar refractivity (Wildman–Crippen MR) is 88.2 cm³/mol. The molecule has 122 valence electrons. The molecule has 0 radical (unpaired) electrons. The summed E-state index contributed by atoms with van der Waals surface area (Å²) in [7, 11) is 0. The lowest BCUT2D eigenvalue weighted by Gasteiger charge is -2.29. The summed E-state index contributed by atoms with van der Waals surface area (Å²) in [5.74, 6) is -0.0534.